The maximum absolute atomic E-state index is 12.4. The van der Waals surface area contributed by atoms with Crippen LogP contribution in [0.25, 0.3) is 6.08 Å². The fourth-order valence-electron chi connectivity index (χ4n) is 3.32. The molecule has 1 atom stereocenters. The molecule has 0 spiro atoms. The lowest BCUT2D eigenvalue weighted by Gasteiger charge is -2.18. The molecule has 1 aliphatic carbocycles. The number of primary amides is 1. The average Bonchev–Trinajstić information content (AvgIpc) is 3.02. The number of anilines is 1. The smallest absolute Gasteiger partial charge is 0.251 e. The minimum atomic E-state index is -0.478. The summed E-state index contributed by atoms with van der Waals surface area (Å²) in [5.41, 5.74) is 7.98. The first kappa shape index (κ1) is 20.1. The van der Waals surface area contributed by atoms with Gasteiger partial charge in [0.25, 0.3) is 5.91 Å². The second-order valence-electron chi connectivity index (χ2n) is 7.16. The molecule has 1 aliphatic rings. The molecule has 1 unspecified atom stereocenters. The van der Waals surface area contributed by atoms with Crippen LogP contribution in [0.4, 0.5) is 5.00 Å². The van der Waals surface area contributed by atoms with Crippen LogP contribution in [0.2, 0.25) is 0 Å². The van der Waals surface area contributed by atoms with Crippen LogP contribution < -0.4 is 15.8 Å². The molecular formula is C22H26N2O3S. The summed E-state index contributed by atoms with van der Waals surface area (Å²) in [6.07, 6.45) is 6.96. The third-order valence-corrected chi connectivity index (χ3v) is 5.94. The van der Waals surface area contributed by atoms with Gasteiger partial charge in [0.2, 0.25) is 5.91 Å². The normalized spacial score (nSPS) is 16.0. The summed E-state index contributed by atoms with van der Waals surface area (Å²) in [6.45, 7) is 4.94. The van der Waals surface area contributed by atoms with Crippen molar-refractivity contribution in [2.24, 2.45) is 11.7 Å². The molecule has 3 rings (SSSR count). The Bertz CT molecular complexity index is 884. The van der Waals surface area contributed by atoms with Crippen LogP contribution in [-0.4, -0.2) is 18.4 Å². The van der Waals surface area contributed by atoms with E-state index in [1.807, 2.05) is 24.3 Å². The maximum atomic E-state index is 12.4. The number of carbonyl (C=O) groups excluding carboxylic acids is 2. The van der Waals surface area contributed by atoms with Crippen molar-refractivity contribution in [1.82, 2.24) is 0 Å². The minimum absolute atomic E-state index is 0.277. The molecule has 5 nitrogen and oxygen atoms in total. The summed E-state index contributed by atoms with van der Waals surface area (Å²) in [7, 11) is 0. The summed E-state index contributed by atoms with van der Waals surface area (Å²) >= 11 is 1.47. The van der Waals surface area contributed by atoms with Gasteiger partial charge in [0.05, 0.1) is 12.2 Å². The highest BCUT2D eigenvalue weighted by Gasteiger charge is 2.26. The molecule has 3 N–H and O–H groups in total. The molecule has 0 saturated heterocycles. The summed E-state index contributed by atoms with van der Waals surface area (Å²) in [4.78, 5) is 25.5. The number of hydrogen-bond acceptors (Lipinski definition) is 4. The molecule has 1 aromatic carbocycles. The molecule has 148 valence electrons. The first-order valence-electron chi connectivity index (χ1n) is 9.64. The fourth-order valence-corrected chi connectivity index (χ4v) is 4.74. The Morgan fingerprint density at radius 1 is 1.32 bits per heavy atom. The molecule has 2 amide bonds. The van der Waals surface area contributed by atoms with Crippen molar-refractivity contribution >= 4 is 34.2 Å². The van der Waals surface area contributed by atoms with Crippen LogP contribution in [0.5, 0.6) is 5.75 Å². The van der Waals surface area contributed by atoms with Crippen molar-refractivity contribution < 1.29 is 14.3 Å². The number of carbonyl (C=O) groups is 2. The van der Waals surface area contributed by atoms with Gasteiger partial charge in [0.1, 0.15) is 10.8 Å². The topological polar surface area (TPSA) is 81.4 Å². The Hall–Kier alpha value is -2.60. The number of thiophene rings is 1. The lowest BCUT2D eigenvalue weighted by atomic mass is 9.88. The predicted molar refractivity (Wildman–Crippen MR) is 114 cm³/mol. The highest BCUT2D eigenvalue weighted by Crippen LogP contribution is 2.39. The molecule has 28 heavy (non-hydrogen) atoms. The zero-order valence-electron chi connectivity index (χ0n) is 16.3. The summed E-state index contributed by atoms with van der Waals surface area (Å²) in [5, 5.41) is 3.40. The number of rotatable bonds is 7. The third kappa shape index (κ3) is 4.81. The molecule has 0 bridgehead atoms. The first-order valence-corrected chi connectivity index (χ1v) is 10.5. The van der Waals surface area contributed by atoms with Crippen LogP contribution in [-0.2, 0) is 17.6 Å². The molecule has 2 aromatic rings. The largest absolute Gasteiger partial charge is 0.494 e. The second-order valence-corrected chi connectivity index (χ2v) is 8.27. The van der Waals surface area contributed by atoms with Gasteiger partial charge in [-0.1, -0.05) is 26.0 Å². The summed E-state index contributed by atoms with van der Waals surface area (Å²) < 4.78 is 5.55. The predicted octanol–water partition coefficient (Wildman–Crippen LogP) is 4.41. The van der Waals surface area contributed by atoms with E-state index < -0.39 is 5.91 Å². The number of amides is 2. The van der Waals surface area contributed by atoms with Gasteiger partial charge in [-0.05, 0) is 60.9 Å². The Labute approximate surface area is 169 Å². The molecule has 0 aliphatic heterocycles. The van der Waals surface area contributed by atoms with E-state index in [4.69, 9.17) is 10.5 Å². The standard InChI is InChI=1S/C22H26N2O3S/c1-3-12-27-16-8-5-15(6-9-16)7-11-19(25)24-22-20(21(23)26)17-10-4-14(2)13-18(17)28-22/h5-9,11,14H,3-4,10,12-13H2,1-2H3,(H2,23,26)(H,24,25)/b11-7+. The molecular weight excluding hydrogens is 372 g/mol. The Morgan fingerprint density at radius 2 is 2.07 bits per heavy atom. The molecule has 0 saturated carbocycles. The third-order valence-electron chi connectivity index (χ3n) is 4.77. The number of benzene rings is 1. The quantitative estimate of drug-likeness (QED) is 0.678. The van der Waals surface area contributed by atoms with Crippen molar-refractivity contribution in [3.05, 3.63) is 51.9 Å². The van der Waals surface area contributed by atoms with E-state index in [9.17, 15) is 9.59 Å². The van der Waals surface area contributed by atoms with Gasteiger partial charge < -0.3 is 15.8 Å². The molecule has 0 radical (unpaired) electrons. The number of nitrogens with one attached hydrogen (secondary N) is 1. The van der Waals surface area contributed by atoms with Crippen molar-refractivity contribution in [3.63, 3.8) is 0 Å². The summed E-state index contributed by atoms with van der Waals surface area (Å²) in [6, 6.07) is 7.56. The zero-order chi connectivity index (χ0) is 20.1. The highest BCUT2D eigenvalue weighted by atomic mass is 32.1. The van der Waals surface area contributed by atoms with Gasteiger partial charge in [0.15, 0.2) is 0 Å². The van der Waals surface area contributed by atoms with E-state index >= 15 is 0 Å². The maximum Gasteiger partial charge on any atom is 0.251 e. The van der Waals surface area contributed by atoms with Gasteiger partial charge in [-0.3, -0.25) is 9.59 Å². The van der Waals surface area contributed by atoms with Gasteiger partial charge in [-0.25, -0.2) is 0 Å². The van der Waals surface area contributed by atoms with Crippen molar-refractivity contribution in [3.8, 4) is 5.75 Å². The van der Waals surface area contributed by atoms with Crippen LogP contribution in [0.3, 0.4) is 0 Å². The van der Waals surface area contributed by atoms with Gasteiger partial charge in [0, 0.05) is 11.0 Å². The highest BCUT2D eigenvalue weighted by molar-refractivity contribution is 7.17. The van der Waals surface area contributed by atoms with E-state index in [1.54, 1.807) is 6.08 Å². The van der Waals surface area contributed by atoms with Crippen molar-refractivity contribution in [2.45, 2.75) is 39.5 Å². The second kappa shape index (κ2) is 9.06. The van der Waals surface area contributed by atoms with E-state index in [0.717, 1.165) is 47.4 Å². The number of nitrogens with two attached hydrogens (primary N) is 1. The first-order chi connectivity index (χ1) is 13.5. The van der Waals surface area contributed by atoms with Gasteiger partial charge in [-0.2, -0.15) is 0 Å². The van der Waals surface area contributed by atoms with E-state index in [2.05, 4.69) is 19.2 Å². The van der Waals surface area contributed by atoms with Crippen molar-refractivity contribution in [2.75, 3.05) is 11.9 Å². The Balaban J connectivity index is 1.69. The summed E-state index contributed by atoms with van der Waals surface area (Å²) in [5.74, 6) is 0.641. The SMILES string of the molecule is CCCOc1ccc(/C=C/C(=O)Nc2sc3c(c2C(N)=O)CCC(C)C3)cc1. The van der Waals surface area contributed by atoms with Gasteiger partial charge >= 0.3 is 0 Å². The lowest BCUT2D eigenvalue weighted by molar-refractivity contribution is -0.111. The van der Waals surface area contributed by atoms with Crippen LogP contribution in [0, 0.1) is 5.92 Å². The minimum Gasteiger partial charge on any atom is -0.494 e. The van der Waals surface area contributed by atoms with Gasteiger partial charge in [-0.15, -0.1) is 11.3 Å². The molecule has 1 heterocycles. The number of hydrogen-bond donors (Lipinski definition) is 2. The van der Waals surface area contributed by atoms with Crippen molar-refractivity contribution in [1.29, 1.82) is 0 Å². The lowest BCUT2D eigenvalue weighted by Crippen LogP contribution is -2.18. The monoisotopic (exact) mass is 398 g/mol. The van der Waals surface area contributed by atoms with Crippen LogP contribution in [0.15, 0.2) is 30.3 Å². The van der Waals surface area contributed by atoms with E-state index in [1.165, 1.54) is 17.4 Å². The van der Waals surface area contributed by atoms with E-state index in [0.29, 0.717) is 23.1 Å². The fraction of sp³-hybridized carbons (Fsp3) is 0.364. The Kier molecular flexibility index (Phi) is 6.52. The molecule has 0 fully saturated rings. The van der Waals surface area contributed by atoms with E-state index in [-0.39, 0.29) is 5.91 Å². The number of ether oxygens (including phenoxy) is 1. The average molecular weight is 399 g/mol. The Morgan fingerprint density at radius 3 is 2.75 bits per heavy atom. The van der Waals surface area contributed by atoms with Crippen LogP contribution in [0.1, 0.15) is 53.1 Å². The number of fused-ring (bicyclic) bond motifs is 1. The zero-order valence-corrected chi connectivity index (χ0v) is 17.1. The molecule has 1 aromatic heterocycles. The molecule has 6 heteroatoms. The van der Waals surface area contributed by atoms with Crippen LogP contribution >= 0.6 is 11.3 Å².